The Kier molecular flexibility index (Phi) is 22.3. The van der Waals surface area contributed by atoms with E-state index in [1.807, 2.05) is 20.8 Å². The Morgan fingerprint density at radius 2 is 0.667 bits per heavy atom. The third kappa shape index (κ3) is 12.3. The van der Waals surface area contributed by atoms with E-state index in [0.717, 1.165) is 12.8 Å². The smallest absolute Gasteiger partial charge is 0.148 e. The van der Waals surface area contributed by atoms with E-state index in [0.29, 0.717) is 6.61 Å². The molecule has 0 aromatic rings. The van der Waals surface area contributed by atoms with E-state index in [1.165, 1.54) is 0 Å². The first-order valence-corrected chi connectivity index (χ1v) is 17.2. The topological polar surface area (TPSA) is 9.23 Å². The number of rotatable bonds is 18. The zero-order chi connectivity index (χ0) is 28.5. The maximum atomic E-state index is 6.53. The molecule has 15 heteroatoms. The second-order valence-electron chi connectivity index (χ2n) is 8.60. The van der Waals surface area contributed by atoms with E-state index in [1.54, 1.807) is 0 Å². The normalized spacial score (nSPS) is 24.5. The van der Waals surface area contributed by atoms with Gasteiger partial charge in [0.15, 0.2) is 0 Å². The van der Waals surface area contributed by atoms with E-state index >= 15 is 0 Å². The SMILES string of the molecule is CCCCOC(Cl)C(Cl)C(Cl)C(Cl)C(Cl)C(Cl)C(Cl)C(Cl)C(Cl)C(Cl)C(Cl)C(Cl)C(Cl)C(Cl)C(C)C. The average molecular weight is 795 g/mol. The summed E-state index contributed by atoms with van der Waals surface area (Å²) in [7, 11) is 0. The second-order valence-corrected chi connectivity index (χ2v) is 15.6. The highest BCUT2D eigenvalue weighted by atomic mass is 35.5. The van der Waals surface area contributed by atoms with Crippen molar-refractivity contribution in [3.8, 4) is 0 Å². The highest BCUT2D eigenvalue weighted by molar-refractivity contribution is 6.45. The van der Waals surface area contributed by atoms with Crippen LogP contribution >= 0.6 is 162 Å². The van der Waals surface area contributed by atoms with Crippen molar-refractivity contribution in [3.05, 3.63) is 0 Å². The highest BCUT2D eigenvalue weighted by Gasteiger charge is 2.45. The molecule has 0 aliphatic rings. The predicted octanol–water partition coefficient (Wildman–Crippen LogP) is 10.9. The third-order valence-electron chi connectivity index (χ3n) is 5.31. The molecule has 0 fully saturated rings. The van der Waals surface area contributed by atoms with Crippen molar-refractivity contribution < 1.29 is 4.74 Å². The fourth-order valence-corrected chi connectivity index (χ4v) is 7.96. The first-order valence-electron chi connectivity index (χ1n) is 11.1. The lowest BCUT2D eigenvalue weighted by molar-refractivity contribution is 0.101. The summed E-state index contributed by atoms with van der Waals surface area (Å²) in [6.45, 7) is 6.27. The van der Waals surface area contributed by atoms with Crippen molar-refractivity contribution in [2.75, 3.05) is 6.61 Å². The van der Waals surface area contributed by atoms with Crippen molar-refractivity contribution in [1.29, 1.82) is 0 Å². The summed E-state index contributed by atoms with van der Waals surface area (Å²) in [6.07, 6.45) is 1.76. The molecule has 14 unspecified atom stereocenters. The van der Waals surface area contributed by atoms with Gasteiger partial charge in [-0.25, -0.2) is 0 Å². The van der Waals surface area contributed by atoms with Crippen LogP contribution in [0, 0.1) is 5.92 Å². The summed E-state index contributed by atoms with van der Waals surface area (Å²) in [4.78, 5) is 0. The molecule has 1 nitrogen and oxygen atoms in total. The minimum atomic E-state index is -0.994. The lowest BCUT2D eigenvalue weighted by Crippen LogP contribution is -2.49. The quantitative estimate of drug-likeness (QED) is 0.0992. The molecule has 0 aromatic heterocycles. The van der Waals surface area contributed by atoms with Crippen LogP contribution in [0.3, 0.4) is 0 Å². The van der Waals surface area contributed by atoms with Crippen LogP contribution in [-0.4, -0.2) is 82.1 Å². The molecule has 0 rings (SSSR count). The maximum Gasteiger partial charge on any atom is 0.148 e. The maximum absolute atomic E-state index is 6.53. The van der Waals surface area contributed by atoms with Crippen molar-refractivity contribution in [2.24, 2.45) is 5.92 Å². The Labute approximate surface area is 285 Å². The Balaban J connectivity index is 5.20. The molecular formula is C21H30Cl14O. The van der Waals surface area contributed by atoms with Crippen LogP contribution < -0.4 is 0 Å². The van der Waals surface area contributed by atoms with Crippen molar-refractivity contribution in [3.63, 3.8) is 0 Å². The minimum Gasteiger partial charge on any atom is -0.361 e. The number of hydrogen-bond donors (Lipinski definition) is 0. The van der Waals surface area contributed by atoms with Gasteiger partial charge in [0.1, 0.15) is 5.56 Å². The molecule has 0 radical (unpaired) electrons. The van der Waals surface area contributed by atoms with Gasteiger partial charge in [-0.1, -0.05) is 38.8 Å². The van der Waals surface area contributed by atoms with E-state index in [4.69, 9.17) is 167 Å². The lowest BCUT2D eigenvalue weighted by Gasteiger charge is -2.35. The molecule has 14 atom stereocenters. The van der Waals surface area contributed by atoms with Crippen LogP contribution in [0.25, 0.3) is 0 Å². The van der Waals surface area contributed by atoms with Crippen LogP contribution in [0.5, 0.6) is 0 Å². The van der Waals surface area contributed by atoms with Crippen LogP contribution in [0.4, 0.5) is 0 Å². The van der Waals surface area contributed by atoms with Gasteiger partial charge < -0.3 is 4.74 Å². The van der Waals surface area contributed by atoms with Gasteiger partial charge in [-0.05, 0) is 12.3 Å². The molecule has 0 aliphatic heterocycles. The fourth-order valence-electron chi connectivity index (χ4n) is 2.88. The van der Waals surface area contributed by atoms with Crippen LogP contribution in [0.15, 0.2) is 0 Å². The minimum absolute atomic E-state index is 0.0596. The number of alkyl halides is 14. The van der Waals surface area contributed by atoms with Crippen LogP contribution in [0.2, 0.25) is 0 Å². The molecule has 0 aromatic carbocycles. The molecular weight excluding hydrogens is 765 g/mol. The summed E-state index contributed by atoms with van der Waals surface area (Å²) in [5.41, 5.74) is -0.880. The zero-order valence-corrected chi connectivity index (χ0v) is 30.1. The molecule has 0 saturated heterocycles. The Bertz CT molecular complexity index is 589. The third-order valence-corrected chi connectivity index (χ3v) is 14.6. The number of unbranched alkanes of at least 4 members (excludes halogenated alkanes) is 1. The van der Waals surface area contributed by atoms with Gasteiger partial charge >= 0.3 is 0 Å². The summed E-state index contributed by atoms with van der Waals surface area (Å²) in [5, 5.41) is -11.4. The van der Waals surface area contributed by atoms with E-state index in [9.17, 15) is 0 Å². The van der Waals surface area contributed by atoms with Gasteiger partial charge in [-0.15, -0.1) is 151 Å². The molecule has 0 saturated carbocycles. The average Bonchev–Trinajstić information content (AvgIpc) is 2.86. The summed E-state index contributed by atoms with van der Waals surface area (Å²) >= 11 is 90.2. The summed E-state index contributed by atoms with van der Waals surface area (Å²) in [5.74, 6) is 0.0596. The number of halogens is 14. The van der Waals surface area contributed by atoms with Gasteiger partial charge in [0.05, 0.1) is 69.9 Å². The molecule has 218 valence electrons. The zero-order valence-electron chi connectivity index (χ0n) is 19.5. The van der Waals surface area contributed by atoms with Crippen LogP contribution in [-0.2, 0) is 4.74 Å². The van der Waals surface area contributed by atoms with Crippen molar-refractivity contribution in [2.45, 2.75) is 109 Å². The molecule has 36 heavy (non-hydrogen) atoms. The highest BCUT2D eigenvalue weighted by Crippen LogP contribution is 2.39. The molecule has 0 amide bonds. The Hall–Kier alpha value is 4.02. The van der Waals surface area contributed by atoms with E-state index < -0.39 is 75.5 Å². The van der Waals surface area contributed by atoms with Gasteiger partial charge in [0, 0.05) is 6.61 Å². The van der Waals surface area contributed by atoms with Gasteiger partial charge in [0.25, 0.3) is 0 Å². The fraction of sp³-hybridized carbons (Fsp3) is 1.00. The van der Waals surface area contributed by atoms with Crippen molar-refractivity contribution >= 4 is 162 Å². The first-order chi connectivity index (χ1) is 16.5. The Morgan fingerprint density at radius 3 is 0.917 bits per heavy atom. The van der Waals surface area contributed by atoms with E-state index in [-0.39, 0.29) is 5.92 Å². The summed E-state index contributed by atoms with van der Waals surface area (Å²) < 4.78 is 5.48. The monoisotopic (exact) mass is 788 g/mol. The van der Waals surface area contributed by atoms with E-state index in [2.05, 4.69) is 0 Å². The van der Waals surface area contributed by atoms with Crippen LogP contribution in [0.1, 0.15) is 33.6 Å². The largest absolute Gasteiger partial charge is 0.361 e. The predicted molar refractivity (Wildman–Crippen MR) is 171 cm³/mol. The first kappa shape index (κ1) is 40.0. The molecule has 0 N–H and O–H groups in total. The molecule has 0 heterocycles. The van der Waals surface area contributed by atoms with Crippen molar-refractivity contribution in [1.82, 2.24) is 0 Å². The van der Waals surface area contributed by atoms with Gasteiger partial charge in [-0.2, -0.15) is 0 Å². The lowest BCUT2D eigenvalue weighted by atomic mass is 9.99. The molecule has 0 bridgehead atoms. The molecule has 0 spiro atoms. The standard InChI is InChI=1S/C21H30Cl14O/c1-4-5-6-36-21(35)20(34)19(33)18(32)17(31)16(30)15(29)14(28)13(27)12(26)11(25)10(24)9(23)8(22)7(2)3/h7-21H,4-6H2,1-3H3. The number of hydrogen-bond acceptors (Lipinski definition) is 1. The molecule has 0 aliphatic carbocycles. The number of ether oxygens (including phenoxy) is 1. The summed E-state index contributed by atoms with van der Waals surface area (Å²) in [6, 6.07) is 0. The Morgan fingerprint density at radius 1 is 0.417 bits per heavy atom. The second kappa shape index (κ2) is 20.1. The van der Waals surface area contributed by atoms with Gasteiger partial charge in [0.2, 0.25) is 0 Å². The van der Waals surface area contributed by atoms with Gasteiger partial charge in [-0.3, -0.25) is 0 Å².